The second-order valence-corrected chi connectivity index (χ2v) is 8.90. The van der Waals surface area contributed by atoms with Crippen molar-refractivity contribution in [2.75, 3.05) is 18.0 Å². The molecule has 1 saturated heterocycles. The molecule has 1 aliphatic rings. The van der Waals surface area contributed by atoms with Crippen LogP contribution >= 0.6 is 0 Å². The van der Waals surface area contributed by atoms with Crippen molar-refractivity contribution in [2.24, 2.45) is 7.05 Å². The van der Waals surface area contributed by atoms with Gasteiger partial charge in [-0.2, -0.15) is 5.26 Å². The number of aromatic nitrogens is 2. The second-order valence-electron chi connectivity index (χ2n) is 8.90. The average Bonchev–Trinajstić information content (AvgIpc) is 3.21. The lowest BCUT2D eigenvalue weighted by atomic mass is 9.80. The first-order chi connectivity index (χ1) is 15.3. The summed E-state index contributed by atoms with van der Waals surface area (Å²) in [5.41, 5.74) is 3.26. The van der Waals surface area contributed by atoms with Crippen LogP contribution in [0.4, 0.5) is 10.1 Å². The predicted molar refractivity (Wildman–Crippen MR) is 121 cm³/mol. The van der Waals surface area contributed by atoms with Gasteiger partial charge in [0, 0.05) is 30.9 Å². The standard InChI is InChI=1S/C25H23FN4O2/c1-15-4-7-21-19(12-15)28-24(32-21)25(2)8-10-30(11-9-25)22-17-6-5-16(26)13-20(17)29(3)23(31)18(22)14-27/h4-7,12-13H,8-11H2,1-3H3. The number of nitriles is 1. The summed E-state index contributed by atoms with van der Waals surface area (Å²) in [5.74, 6) is 0.301. The van der Waals surface area contributed by atoms with Gasteiger partial charge in [0.2, 0.25) is 5.89 Å². The van der Waals surface area contributed by atoms with Gasteiger partial charge >= 0.3 is 0 Å². The normalized spacial score (nSPS) is 15.9. The first kappa shape index (κ1) is 20.3. The van der Waals surface area contributed by atoms with Crippen molar-refractivity contribution in [1.29, 1.82) is 5.26 Å². The van der Waals surface area contributed by atoms with Crippen molar-refractivity contribution in [3.05, 3.63) is 69.6 Å². The molecule has 1 fully saturated rings. The maximum absolute atomic E-state index is 13.9. The van der Waals surface area contributed by atoms with Crippen molar-refractivity contribution in [1.82, 2.24) is 9.55 Å². The number of hydrogen-bond acceptors (Lipinski definition) is 5. The average molecular weight is 430 g/mol. The van der Waals surface area contributed by atoms with E-state index >= 15 is 0 Å². The minimum absolute atomic E-state index is 0.0903. The number of pyridine rings is 1. The molecule has 3 heterocycles. The molecule has 0 radical (unpaired) electrons. The molecule has 7 heteroatoms. The van der Waals surface area contributed by atoms with Crippen LogP contribution in [0.5, 0.6) is 0 Å². The number of benzene rings is 2. The highest BCUT2D eigenvalue weighted by molar-refractivity contribution is 5.95. The Bertz CT molecular complexity index is 1470. The number of halogens is 1. The minimum Gasteiger partial charge on any atom is -0.440 e. The van der Waals surface area contributed by atoms with Gasteiger partial charge in [-0.25, -0.2) is 9.37 Å². The van der Waals surface area contributed by atoms with Crippen LogP contribution < -0.4 is 10.5 Å². The Balaban J connectivity index is 1.53. The number of oxazole rings is 1. The van der Waals surface area contributed by atoms with Crippen LogP contribution in [-0.2, 0) is 12.5 Å². The molecule has 0 saturated carbocycles. The fourth-order valence-electron chi connectivity index (χ4n) is 4.66. The van der Waals surface area contributed by atoms with Gasteiger partial charge < -0.3 is 13.9 Å². The topological polar surface area (TPSA) is 75.1 Å². The summed E-state index contributed by atoms with van der Waals surface area (Å²) in [7, 11) is 1.57. The number of aryl methyl sites for hydroxylation is 2. The van der Waals surface area contributed by atoms with E-state index in [-0.39, 0.29) is 11.0 Å². The summed E-state index contributed by atoms with van der Waals surface area (Å²) in [6.07, 6.45) is 1.50. The highest BCUT2D eigenvalue weighted by Crippen LogP contribution is 2.39. The van der Waals surface area contributed by atoms with Crippen LogP contribution in [0.1, 0.15) is 36.8 Å². The molecule has 0 spiro atoms. The van der Waals surface area contributed by atoms with Crippen molar-refractivity contribution in [3.63, 3.8) is 0 Å². The maximum Gasteiger partial charge on any atom is 0.270 e. The van der Waals surface area contributed by atoms with Gasteiger partial charge in [-0.05, 0) is 55.7 Å². The summed E-state index contributed by atoms with van der Waals surface area (Å²) >= 11 is 0. The van der Waals surface area contributed by atoms with Gasteiger partial charge in [-0.3, -0.25) is 4.79 Å². The zero-order valence-corrected chi connectivity index (χ0v) is 18.3. The van der Waals surface area contributed by atoms with E-state index in [0.717, 1.165) is 29.5 Å². The number of fused-ring (bicyclic) bond motifs is 2. The minimum atomic E-state index is -0.416. The van der Waals surface area contributed by atoms with Crippen LogP contribution in [0, 0.1) is 24.1 Å². The van der Waals surface area contributed by atoms with Gasteiger partial charge in [-0.15, -0.1) is 0 Å². The Morgan fingerprint density at radius 2 is 1.94 bits per heavy atom. The van der Waals surface area contributed by atoms with Crippen LogP contribution in [0.2, 0.25) is 0 Å². The third-order valence-corrected chi connectivity index (χ3v) is 6.69. The second kappa shape index (κ2) is 7.20. The number of rotatable bonds is 2. The first-order valence-corrected chi connectivity index (χ1v) is 10.7. The van der Waals surface area contributed by atoms with E-state index in [9.17, 15) is 14.4 Å². The predicted octanol–water partition coefficient (Wildman–Crippen LogP) is 4.56. The molecule has 0 amide bonds. The van der Waals surface area contributed by atoms with E-state index in [1.54, 1.807) is 13.1 Å². The molecular weight excluding hydrogens is 407 g/mol. The molecule has 1 aliphatic heterocycles. The van der Waals surface area contributed by atoms with Crippen LogP contribution in [0.25, 0.3) is 22.0 Å². The Morgan fingerprint density at radius 1 is 1.19 bits per heavy atom. The lowest BCUT2D eigenvalue weighted by Crippen LogP contribution is -2.42. The van der Waals surface area contributed by atoms with E-state index in [2.05, 4.69) is 17.9 Å². The van der Waals surface area contributed by atoms with Crippen molar-refractivity contribution < 1.29 is 8.81 Å². The van der Waals surface area contributed by atoms with Crippen molar-refractivity contribution in [3.8, 4) is 6.07 Å². The van der Waals surface area contributed by atoms with E-state index in [0.29, 0.717) is 35.6 Å². The molecule has 5 rings (SSSR count). The molecule has 0 bridgehead atoms. The number of hydrogen-bond donors (Lipinski definition) is 0. The monoisotopic (exact) mass is 430 g/mol. The number of nitrogens with zero attached hydrogens (tertiary/aromatic N) is 4. The van der Waals surface area contributed by atoms with E-state index in [1.165, 1.54) is 16.7 Å². The summed E-state index contributed by atoms with van der Waals surface area (Å²) < 4.78 is 21.3. The molecule has 6 nitrogen and oxygen atoms in total. The lowest BCUT2D eigenvalue weighted by molar-refractivity contribution is 0.292. The van der Waals surface area contributed by atoms with E-state index in [4.69, 9.17) is 9.40 Å². The molecule has 2 aromatic heterocycles. The smallest absolute Gasteiger partial charge is 0.270 e. The summed E-state index contributed by atoms with van der Waals surface area (Å²) in [6, 6.07) is 12.4. The van der Waals surface area contributed by atoms with Gasteiger partial charge in [0.1, 0.15) is 23.0 Å². The summed E-state index contributed by atoms with van der Waals surface area (Å²) in [4.78, 5) is 19.6. The Hall–Kier alpha value is -3.66. The number of piperidine rings is 1. The quantitative estimate of drug-likeness (QED) is 0.466. The molecule has 0 atom stereocenters. The van der Waals surface area contributed by atoms with Gasteiger partial charge in [0.15, 0.2) is 5.58 Å². The fourth-order valence-corrected chi connectivity index (χ4v) is 4.66. The molecular formula is C25H23FN4O2. The SMILES string of the molecule is Cc1ccc2oc(C3(C)CCN(c4c(C#N)c(=O)n(C)c5cc(F)ccc45)CC3)nc2c1. The summed E-state index contributed by atoms with van der Waals surface area (Å²) in [5, 5.41) is 10.5. The Morgan fingerprint density at radius 3 is 2.66 bits per heavy atom. The third-order valence-electron chi connectivity index (χ3n) is 6.69. The van der Waals surface area contributed by atoms with E-state index in [1.807, 2.05) is 25.1 Å². The molecule has 162 valence electrons. The molecule has 2 aromatic carbocycles. The van der Waals surface area contributed by atoms with Gasteiger partial charge in [-0.1, -0.05) is 13.0 Å². The van der Waals surface area contributed by atoms with Crippen LogP contribution in [-0.4, -0.2) is 22.6 Å². The van der Waals surface area contributed by atoms with Gasteiger partial charge in [0.05, 0.1) is 11.2 Å². The molecule has 0 N–H and O–H groups in total. The maximum atomic E-state index is 13.9. The zero-order valence-electron chi connectivity index (χ0n) is 18.3. The highest BCUT2D eigenvalue weighted by atomic mass is 19.1. The molecule has 32 heavy (non-hydrogen) atoms. The van der Waals surface area contributed by atoms with Crippen molar-refractivity contribution >= 4 is 27.7 Å². The molecule has 0 aliphatic carbocycles. The van der Waals surface area contributed by atoms with Crippen molar-refractivity contribution in [2.45, 2.75) is 32.1 Å². The zero-order chi connectivity index (χ0) is 22.6. The third kappa shape index (κ3) is 3.06. The lowest BCUT2D eigenvalue weighted by Gasteiger charge is -2.39. The fraction of sp³-hybridized carbons (Fsp3) is 0.320. The molecule has 4 aromatic rings. The van der Waals surface area contributed by atoms with Gasteiger partial charge in [0.25, 0.3) is 5.56 Å². The van der Waals surface area contributed by atoms with E-state index < -0.39 is 11.4 Å². The van der Waals surface area contributed by atoms with Crippen LogP contribution in [0.15, 0.2) is 45.6 Å². The summed E-state index contributed by atoms with van der Waals surface area (Å²) in [6.45, 7) is 5.43. The Labute approximate surface area is 184 Å². The molecule has 0 unspecified atom stereocenters. The first-order valence-electron chi connectivity index (χ1n) is 10.7. The number of anilines is 1. The van der Waals surface area contributed by atoms with Crippen LogP contribution in [0.3, 0.4) is 0 Å². The largest absolute Gasteiger partial charge is 0.440 e. The Kier molecular flexibility index (Phi) is 4.55. The highest BCUT2D eigenvalue weighted by Gasteiger charge is 2.37.